The molecule has 0 amide bonds. The van der Waals surface area contributed by atoms with Crippen molar-refractivity contribution in [3.8, 4) is 0 Å². The monoisotopic (exact) mass is 378 g/mol. The average Bonchev–Trinajstić information content (AvgIpc) is 2.68. The third-order valence-electron chi connectivity index (χ3n) is 4.12. The SMILES string of the molecule is CCSc1cc(NCc2ccc(F)cc2)cc(C)c1N=Cc1ccccc1. The maximum Gasteiger partial charge on any atom is 0.123 e. The van der Waals surface area contributed by atoms with Gasteiger partial charge in [0, 0.05) is 23.3 Å². The fourth-order valence-electron chi connectivity index (χ4n) is 2.76. The van der Waals surface area contributed by atoms with Crippen LogP contribution in [0.25, 0.3) is 0 Å². The van der Waals surface area contributed by atoms with Crippen LogP contribution in [0.1, 0.15) is 23.6 Å². The zero-order chi connectivity index (χ0) is 19.1. The lowest BCUT2D eigenvalue weighted by Gasteiger charge is -2.13. The summed E-state index contributed by atoms with van der Waals surface area (Å²) < 4.78 is 13.0. The van der Waals surface area contributed by atoms with E-state index in [-0.39, 0.29) is 5.82 Å². The molecule has 2 nitrogen and oxygen atoms in total. The number of thioether (sulfide) groups is 1. The molecule has 0 spiro atoms. The van der Waals surface area contributed by atoms with Gasteiger partial charge < -0.3 is 5.32 Å². The molecule has 0 aliphatic carbocycles. The second kappa shape index (κ2) is 9.38. The van der Waals surface area contributed by atoms with Crippen LogP contribution in [0.3, 0.4) is 0 Å². The van der Waals surface area contributed by atoms with Gasteiger partial charge in [-0.05, 0) is 53.6 Å². The van der Waals surface area contributed by atoms with Crippen LogP contribution in [0.2, 0.25) is 0 Å². The first kappa shape index (κ1) is 19.2. The molecule has 27 heavy (non-hydrogen) atoms. The number of hydrogen-bond acceptors (Lipinski definition) is 3. The zero-order valence-corrected chi connectivity index (χ0v) is 16.4. The van der Waals surface area contributed by atoms with E-state index in [1.165, 1.54) is 12.1 Å². The summed E-state index contributed by atoms with van der Waals surface area (Å²) in [4.78, 5) is 5.91. The van der Waals surface area contributed by atoms with Gasteiger partial charge in [-0.1, -0.05) is 49.4 Å². The molecule has 3 aromatic carbocycles. The molecule has 0 saturated carbocycles. The van der Waals surface area contributed by atoms with Gasteiger partial charge in [-0.3, -0.25) is 4.99 Å². The first-order valence-corrected chi connectivity index (χ1v) is 9.99. The van der Waals surface area contributed by atoms with Crippen molar-refractivity contribution >= 4 is 29.4 Å². The van der Waals surface area contributed by atoms with Crippen molar-refractivity contribution in [1.29, 1.82) is 0 Å². The largest absolute Gasteiger partial charge is 0.381 e. The normalized spacial score (nSPS) is 11.1. The molecule has 0 unspecified atom stereocenters. The maximum absolute atomic E-state index is 13.0. The van der Waals surface area contributed by atoms with E-state index in [1.807, 2.05) is 36.5 Å². The van der Waals surface area contributed by atoms with Crippen molar-refractivity contribution in [3.05, 3.63) is 89.2 Å². The number of benzene rings is 3. The van der Waals surface area contributed by atoms with Crippen LogP contribution in [0, 0.1) is 12.7 Å². The summed E-state index contributed by atoms with van der Waals surface area (Å²) in [6, 6.07) is 21.0. The van der Waals surface area contributed by atoms with Crippen LogP contribution in [-0.2, 0) is 6.54 Å². The van der Waals surface area contributed by atoms with Crippen molar-refractivity contribution in [2.45, 2.75) is 25.3 Å². The molecular formula is C23H23FN2S. The number of aliphatic imine (C=N–C) groups is 1. The van der Waals surface area contributed by atoms with E-state index in [0.717, 1.165) is 38.7 Å². The first-order chi connectivity index (χ1) is 13.2. The Morgan fingerprint density at radius 2 is 1.78 bits per heavy atom. The minimum atomic E-state index is -0.211. The fourth-order valence-corrected chi connectivity index (χ4v) is 3.64. The Labute approximate surface area is 164 Å². The van der Waals surface area contributed by atoms with Gasteiger partial charge in [0.15, 0.2) is 0 Å². The van der Waals surface area contributed by atoms with Crippen LogP contribution in [0.5, 0.6) is 0 Å². The summed E-state index contributed by atoms with van der Waals surface area (Å²) in [5.74, 6) is 0.770. The highest BCUT2D eigenvalue weighted by Crippen LogP contribution is 2.35. The van der Waals surface area contributed by atoms with Gasteiger partial charge in [0.2, 0.25) is 0 Å². The highest BCUT2D eigenvalue weighted by molar-refractivity contribution is 7.99. The van der Waals surface area contributed by atoms with Crippen molar-refractivity contribution in [2.75, 3.05) is 11.1 Å². The van der Waals surface area contributed by atoms with Crippen LogP contribution in [-0.4, -0.2) is 12.0 Å². The number of aryl methyl sites for hydroxylation is 1. The van der Waals surface area contributed by atoms with E-state index < -0.39 is 0 Å². The van der Waals surface area contributed by atoms with Crippen LogP contribution < -0.4 is 5.32 Å². The van der Waals surface area contributed by atoms with E-state index >= 15 is 0 Å². The molecule has 0 heterocycles. The topological polar surface area (TPSA) is 24.4 Å². The van der Waals surface area contributed by atoms with Gasteiger partial charge in [0.1, 0.15) is 5.82 Å². The third kappa shape index (κ3) is 5.44. The predicted octanol–water partition coefficient (Wildman–Crippen LogP) is 6.61. The molecule has 0 aliphatic rings. The van der Waals surface area contributed by atoms with Gasteiger partial charge >= 0.3 is 0 Å². The van der Waals surface area contributed by atoms with E-state index in [4.69, 9.17) is 4.99 Å². The first-order valence-electron chi connectivity index (χ1n) is 9.00. The number of nitrogens with one attached hydrogen (secondary N) is 1. The van der Waals surface area contributed by atoms with E-state index in [0.29, 0.717) is 6.54 Å². The van der Waals surface area contributed by atoms with Crippen LogP contribution in [0.4, 0.5) is 15.8 Å². The summed E-state index contributed by atoms with van der Waals surface area (Å²) in [6.45, 7) is 4.88. The molecular weight excluding hydrogens is 355 g/mol. The third-order valence-corrected chi connectivity index (χ3v) is 5.03. The molecule has 0 saturated heterocycles. The van der Waals surface area contributed by atoms with Gasteiger partial charge in [-0.15, -0.1) is 11.8 Å². The zero-order valence-electron chi connectivity index (χ0n) is 15.6. The number of hydrogen-bond donors (Lipinski definition) is 1. The molecule has 0 aromatic heterocycles. The maximum atomic E-state index is 13.0. The number of anilines is 1. The van der Waals surface area contributed by atoms with Gasteiger partial charge in [0.25, 0.3) is 0 Å². The fraction of sp³-hybridized carbons (Fsp3) is 0.174. The highest BCUT2D eigenvalue weighted by Gasteiger charge is 2.08. The molecule has 3 aromatic rings. The summed E-state index contributed by atoms with van der Waals surface area (Å²) in [6.07, 6.45) is 1.91. The Hall–Kier alpha value is -2.59. The lowest BCUT2D eigenvalue weighted by Crippen LogP contribution is -2.00. The minimum Gasteiger partial charge on any atom is -0.381 e. The Morgan fingerprint density at radius 3 is 2.48 bits per heavy atom. The Balaban J connectivity index is 1.80. The van der Waals surface area contributed by atoms with Gasteiger partial charge in [-0.2, -0.15) is 0 Å². The average molecular weight is 379 g/mol. The standard InChI is InChI=1S/C23H23FN2S/c1-3-27-22-14-21(25-15-19-9-11-20(24)12-10-19)13-17(2)23(22)26-16-18-7-5-4-6-8-18/h4-14,16,25H,3,15H2,1-2H3. The molecule has 0 bridgehead atoms. The van der Waals surface area contributed by atoms with Crippen molar-refractivity contribution in [3.63, 3.8) is 0 Å². The molecule has 0 atom stereocenters. The Morgan fingerprint density at radius 1 is 1.04 bits per heavy atom. The van der Waals surface area contributed by atoms with Gasteiger partial charge in [-0.25, -0.2) is 4.39 Å². The smallest absolute Gasteiger partial charge is 0.123 e. The predicted molar refractivity (Wildman–Crippen MR) is 115 cm³/mol. The quantitative estimate of drug-likeness (QED) is 0.369. The second-order valence-corrected chi connectivity index (χ2v) is 7.53. The molecule has 1 N–H and O–H groups in total. The van der Waals surface area contributed by atoms with E-state index in [1.54, 1.807) is 23.9 Å². The lowest BCUT2D eigenvalue weighted by molar-refractivity contribution is 0.627. The Kier molecular flexibility index (Phi) is 6.66. The molecule has 4 heteroatoms. The lowest BCUT2D eigenvalue weighted by atomic mass is 10.1. The molecule has 0 radical (unpaired) electrons. The van der Waals surface area contributed by atoms with Crippen molar-refractivity contribution in [2.24, 2.45) is 4.99 Å². The molecule has 3 rings (SSSR count). The number of halogens is 1. The molecule has 0 aliphatic heterocycles. The van der Waals surface area contributed by atoms with Crippen molar-refractivity contribution < 1.29 is 4.39 Å². The summed E-state index contributed by atoms with van der Waals surface area (Å²) in [5, 5.41) is 3.43. The molecule has 0 fully saturated rings. The Bertz CT molecular complexity index is 906. The van der Waals surface area contributed by atoms with Crippen LogP contribution >= 0.6 is 11.8 Å². The van der Waals surface area contributed by atoms with E-state index in [9.17, 15) is 4.39 Å². The summed E-state index contributed by atoms with van der Waals surface area (Å²) in [5.41, 5.74) is 5.32. The number of rotatable bonds is 7. The minimum absolute atomic E-state index is 0.211. The van der Waals surface area contributed by atoms with E-state index in [2.05, 4.69) is 31.3 Å². The highest BCUT2D eigenvalue weighted by atomic mass is 32.2. The summed E-state index contributed by atoms with van der Waals surface area (Å²) >= 11 is 1.79. The second-order valence-electron chi connectivity index (χ2n) is 6.22. The number of nitrogens with zero attached hydrogens (tertiary/aromatic N) is 1. The summed E-state index contributed by atoms with van der Waals surface area (Å²) in [7, 11) is 0. The molecule has 138 valence electrons. The van der Waals surface area contributed by atoms with Gasteiger partial charge in [0.05, 0.1) is 5.69 Å². The van der Waals surface area contributed by atoms with Crippen LogP contribution in [0.15, 0.2) is 76.6 Å². The van der Waals surface area contributed by atoms with Crippen molar-refractivity contribution in [1.82, 2.24) is 0 Å².